The largest absolute Gasteiger partial charge is 0.394 e. The van der Waals surface area contributed by atoms with Gasteiger partial charge in [-0.25, -0.2) is 0 Å². The highest BCUT2D eigenvalue weighted by atomic mass is 16.5. The average Bonchev–Trinajstić information content (AvgIpc) is 2.13. The average molecular weight is 201 g/mol. The molecule has 0 aliphatic carbocycles. The predicted molar refractivity (Wildman–Crippen MR) is 57.4 cm³/mol. The van der Waals surface area contributed by atoms with Crippen molar-refractivity contribution >= 4 is 0 Å². The highest BCUT2D eigenvalue weighted by Crippen LogP contribution is 2.28. The molecule has 3 heteroatoms. The van der Waals surface area contributed by atoms with Crippen molar-refractivity contribution in [3.05, 3.63) is 0 Å². The van der Waals surface area contributed by atoms with E-state index in [1.165, 1.54) is 0 Å². The van der Waals surface area contributed by atoms with E-state index in [4.69, 9.17) is 4.74 Å². The van der Waals surface area contributed by atoms with Gasteiger partial charge < -0.3 is 15.2 Å². The zero-order valence-electron chi connectivity index (χ0n) is 9.55. The zero-order chi connectivity index (χ0) is 10.6. The summed E-state index contributed by atoms with van der Waals surface area (Å²) in [5.74, 6) is 0. The molecule has 0 spiro atoms. The molecule has 1 aliphatic heterocycles. The van der Waals surface area contributed by atoms with Gasteiger partial charge in [0.25, 0.3) is 0 Å². The topological polar surface area (TPSA) is 41.5 Å². The van der Waals surface area contributed by atoms with Crippen molar-refractivity contribution in [2.75, 3.05) is 13.2 Å². The van der Waals surface area contributed by atoms with Crippen molar-refractivity contribution in [3.8, 4) is 0 Å². The normalized spacial score (nSPS) is 38.6. The van der Waals surface area contributed by atoms with Crippen LogP contribution in [0.3, 0.4) is 0 Å². The molecule has 0 aromatic rings. The summed E-state index contributed by atoms with van der Waals surface area (Å²) in [7, 11) is 0. The monoisotopic (exact) mass is 201 g/mol. The molecular weight excluding hydrogens is 178 g/mol. The van der Waals surface area contributed by atoms with Gasteiger partial charge in [0.2, 0.25) is 0 Å². The van der Waals surface area contributed by atoms with Gasteiger partial charge in [-0.05, 0) is 39.7 Å². The lowest BCUT2D eigenvalue weighted by atomic mass is 9.84. The summed E-state index contributed by atoms with van der Waals surface area (Å²) in [6.45, 7) is 7.48. The maximum Gasteiger partial charge on any atom is 0.0615 e. The smallest absolute Gasteiger partial charge is 0.0615 e. The molecule has 3 nitrogen and oxygen atoms in total. The molecule has 0 aromatic carbocycles. The Labute approximate surface area is 86.8 Å². The Morgan fingerprint density at radius 1 is 1.36 bits per heavy atom. The van der Waals surface area contributed by atoms with Crippen LogP contribution in [0.4, 0.5) is 0 Å². The number of aliphatic hydroxyl groups excluding tert-OH is 1. The van der Waals surface area contributed by atoms with E-state index in [9.17, 15) is 5.11 Å². The number of hydrogen-bond donors (Lipinski definition) is 2. The van der Waals surface area contributed by atoms with Gasteiger partial charge in [0.15, 0.2) is 0 Å². The van der Waals surface area contributed by atoms with Crippen molar-refractivity contribution in [3.63, 3.8) is 0 Å². The third-order valence-corrected chi connectivity index (χ3v) is 2.87. The van der Waals surface area contributed by atoms with Gasteiger partial charge in [-0.3, -0.25) is 0 Å². The molecule has 1 fully saturated rings. The second-order valence-electron chi connectivity index (χ2n) is 4.53. The van der Waals surface area contributed by atoms with Gasteiger partial charge in [-0.1, -0.05) is 6.92 Å². The molecule has 2 N–H and O–H groups in total. The van der Waals surface area contributed by atoms with Gasteiger partial charge in [0.1, 0.15) is 0 Å². The molecule has 0 radical (unpaired) electrons. The third kappa shape index (κ3) is 2.94. The van der Waals surface area contributed by atoms with Crippen molar-refractivity contribution in [2.24, 2.45) is 0 Å². The van der Waals surface area contributed by atoms with Gasteiger partial charge >= 0.3 is 0 Å². The first kappa shape index (κ1) is 12.0. The molecule has 0 amide bonds. The molecule has 0 saturated carbocycles. The fraction of sp³-hybridized carbons (Fsp3) is 1.00. The van der Waals surface area contributed by atoms with Crippen LogP contribution in [-0.2, 0) is 4.74 Å². The summed E-state index contributed by atoms with van der Waals surface area (Å²) in [6.07, 6.45) is 3.41. The molecule has 0 bridgehead atoms. The van der Waals surface area contributed by atoms with E-state index in [0.717, 1.165) is 25.8 Å². The summed E-state index contributed by atoms with van der Waals surface area (Å²) in [4.78, 5) is 0. The molecule has 0 aromatic heterocycles. The first-order chi connectivity index (χ1) is 6.62. The summed E-state index contributed by atoms with van der Waals surface area (Å²) in [5, 5.41) is 13.0. The lowest BCUT2D eigenvalue weighted by molar-refractivity contribution is -0.0810. The van der Waals surface area contributed by atoms with Crippen molar-refractivity contribution < 1.29 is 9.84 Å². The third-order valence-electron chi connectivity index (χ3n) is 2.87. The Hall–Kier alpha value is -0.120. The van der Waals surface area contributed by atoms with Crippen LogP contribution in [0.15, 0.2) is 0 Å². The molecule has 2 unspecified atom stereocenters. The molecule has 1 saturated heterocycles. The van der Waals surface area contributed by atoms with Crippen LogP contribution < -0.4 is 5.32 Å². The van der Waals surface area contributed by atoms with E-state index in [2.05, 4.69) is 26.1 Å². The van der Waals surface area contributed by atoms with Crippen LogP contribution in [0.2, 0.25) is 0 Å². The summed E-state index contributed by atoms with van der Waals surface area (Å²) < 4.78 is 5.67. The van der Waals surface area contributed by atoms with Crippen LogP contribution in [0.1, 0.15) is 40.0 Å². The molecule has 1 aliphatic rings. The minimum atomic E-state index is -0.104. The highest BCUT2D eigenvalue weighted by Gasteiger charge is 2.37. The quantitative estimate of drug-likeness (QED) is 0.720. The Balaban J connectivity index is 2.57. The fourth-order valence-corrected chi connectivity index (χ4v) is 2.40. The molecule has 14 heavy (non-hydrogen) atoms. The second kappa shape index (κ2) is 5.10. The number of ether oxygens (including phenoxy) is 1. The molecule has 1 rings (SSSR count). The zero-order valence-corrected chi connectivity index (χ0v) is 9.55. The number of hydrogen-bond acceptors (Lipinski definition) is 3. The van der Waals surface area contributed by atoms with Gasteiger partial charge in [0.05, 0.1) is 18.8 Å². The summed E-state index contributed by atoms with van der Waals surface area (Å²) in [6, 6.07) is 0. The van der Waals surface area contributed by atoms with Crippen LogP contribution in [0, 0.1) is 0 Å². The Kier molecular flexibility index (Phi) is 4.35. The first-order valence-electron chi connectivity index (χ1n) is 5.63. The second-order valence-corrected chi connectivity index (χ2v) is 4.53. The Bertz CT molecular complexity index is 163. The summed E-state index contributed by atoms with van der Waals surface area (Å²) in [5.41, 5.74) is -0.104. The molecule has 2 atom stereocenters. The van der Waals surface area contributed by atoms with Crippen LogP contribution >= 0.6 is 0 Å². The molecule has 84 valence electrons. The summed E-state index contributed by atoms with van der Waals surface area (Å²) >= 11 is 0. The van der Waals surface area contributed by atoms with Gasteiger partial charge in [-0.15, -0.1) is 0 Å². The molecular formula is C11H23NO2. The lowest BCUT2D eigenvalue weighted by Crippen LogP contribution is -2.56. The number of aliphatic hydroxyl groups is 1. The minimum Gasteiger partial charge on any atom is -0.394 e. The van der Waals surface area contributed by atoms with E-state index in [0.29, 0.717) is 0 Å². The molecule has 1 heterocycles. The Morgan fingerprint density at radius 3 is 2.36 bits per heavy atom. The number of rotatable bonds is 4. The van der Waals surface area contributed by atoms with Crippen molar-refractivity contribution in [2.45, 2.75) is 57.8 Å². The van der Waals surface area contributed by atoms with Crippen LogP contribution in [0.25, 0.3) is 0 Å². The van der Waals surface area contributed by atoms with Crippen LogP contribution in [0.5, 0.6) is 0 Å². The van der Waals surface area contributed by atoms with E-state index < -0.39 is 0 Å². The van der Waals surface area contributed by atoms with Gasteiger partial charge in [0, 0.05) is 5.54 Å². The van der Waals surface area contributed by atoms with Crippen molar-refractivity contribution in [1.29, 1.82) is 0 Å². The van der Waals surface area contributed by atoms with E-state index in [-0.39, 0.29) is 24.4 Å². The fourth-order valence-electron chi connectivity index (χ4n) is 2.40. The number of nitrogens with one attached hydrogen (secondary N) is 1. The van der Waals surface area contributed by atoms with E-state index in [1.807, 2.05) is 0 Å². The van der Waals surface area contributed by atoms with E-state index >= 15 is 0 Å². The maximum absolute atomic E-state index is 9.49. The minimum absolute atomic E-state index is 0.104. The Morgan fingerprint density at radius 2 is 1.93 bits per heavy atom. The van der Waals surface area contributed by atoms with E-state index in [1.54, 1.807) is 0 Å². The standard InChI is InChI=1S/C11H23NO2/c1-4-5-12-11(8-13)6-9(2)14-10(3)7-11/h9-10,12-13H,4-8H2,1-3H3. The van der Waals surface area contributed by atoms with Gasteiger partial charge in [-0.2, -0.15) is 0 Å². The first-order valence-corrected chi connectivity index (χ1v) is 5.63. The van der Waals surface area contributed by atoms with Crippen LogP contribution in [-0.4, -0.2) is 36.0 Å². The maximum atomic E-state index is 9.49. The highest BCUT2D eigenvalue weighted by molar-refractivity contribution is 4.94. The SMILES string of the molecule is CCCNC1(CO)CC(C)OC(C)C1. The lowest BCUT2D eigenvalue weighted by Gasteiger charge is -2.42. The van der Waals surface area contributed by atoms with Crippen molar-refractivity contribution in [1.82, 2.24) is 5.32 Å². The predicted octanol–water partition coefficient (Wildman–Crippen LogP) is 1.30.